The van der Waals surface area contributed by atoms with Gasteiger partial charge in [0.25, 0.3) is 11.1 Å². The van der Waals surface area contributed by atoms with Crippen molar-refractivity contribution in [1.29, 1.82) is 0 Å². The molecule has 0 radical (unpaired) electrons. The molecule has 2 aromatic rings. The fraction of sp³-hybridized carbons (Fsp3) is 0.250. The molecule has 4 heterocycles. The van der Waals surface area contributed by atoms with Crippen molar-refractivity contribution in [2.45, 2.75) is 0 Å². The second-order valence-corrected chi connectivity index (χ2v) is 6.66. The van der Waals surface area contributed by atoms with Crippen LogP contribution in [0.1, 0.15) is 5.82 Å². The van der Waals surface area contributed by atoms with Crippen LogP contribution in [0.5, 0.6) is 0 Å². The van der Waals surface area contributed by atoms with E-state index in [0.29, 0.717) is 10.7 Å². The molecule has 2 aromatic heterocycles. The smallest absolute Gasteiger partial charge is 0.290 e. The van der Waals surface area contributed by atoms with Crippen LogP contribution < -0.4 is 15.1 Å². The summed E-state index contributed by atoms with van der Waals surface area (Å²) in [5.41, 5.74) is 0. The van der Waals surface area contributed by atoms with E-state index >= 15 is 0 Å². The van der Waals surface area contributed by atoms with Crippen LogP contribution >= 0.6 is 11.8 Å². The summed E-state index contributed by atoms with van der Waals surface area (Å²) in [6, 6.07) is 3.64. The number of carbonyl (C=O) groups excluding carboxylic acids is 2. The second kappa shape index (κ2) is 7.08. The molecule has 2 aliphatic heterocycles. The van der Waals surface area contributed by atoms with Gasteiger partial charge in [-0.2, -0.15) is 0 Å². The average Bonchev–Trinajstić information content (AvgIpc) is 3.00. The quantitative estimate of drug-likeness (QED) is 0.791. The first-order valence-corrected chi connectivity index (χ1v) is 8.85. The summed E-state index contributed by atoms with van der Waals surface area (Å²) < 4.78 is 0. The Labute approximate surface area is 153 Å². The van der Waals surface area contributed by atoms with Crippen LogP contribution in [0.15, 0.2) is 35.6 Å². The van der Waals surface area contributed by atoms with Crippen molar-refractivity contribution in [3.63, 3.8) is 0 Å². The minimum absolute atomic E-state index is 0.304. The molecule has 0 atom stereocenters. The lowest BCUT2D eigenvalue weighted by Crippen LogP contribution is -2.47. The number of nitrogens with one attached hydrogen (secondary N) is 1. The maximum Gasteiger partial charge on any atom is 0.290 e. The molecule has 26 heavy (non-hydrogen) atoms. The van der Waals surface area contributed by atoms with Crippen molar-refractivity contribution in [3.05, 3.63) is 41.5 Å². The largest absolute Gasteiger partial charge is 0.353 e. The highest BCUT2D eigenvalue weighted by Crippen LogP contribution is 2.25. The first-order chi connectivity index (χ1) is 12.7. The molecule has 1 N–H and O–H groups in total. The van der Waals surface area contributed by atoms with Gasteiger partial charge in [0.2, 0.25) is 5.95 Å². The van der Waals surface area contributed by atoms with E-state index < -0.39 is 5.91 Å². The highest BCUT2D eigenvalue weighted by Gasteiger charge is 2.25. The number of aromatic nitrogens is 4. The zero-order valence-corrected chi connectivity index (χ0v) is 14.5. The van der Waals surface area contributed by atoms with Crippen LogP contribution in [0.3, 0.4) is 0 Å². The fourth-order valence-corrected chi connectivity index (χ4v) is 3.39. The van der Waals surface area contributed by atoms with Crippen molar-refractivity contribution in [3.8, 4) is 0 Å². The number of hydrogen-bond donors (Lipinski definition) is 1. The molecule has 0 aliphatic carbocycles. The molecule has 0 spiro atoms. The molecule has 0 bridgehead atoms. The summed E-state index contributed by atoms with van der Waals surface area (Å²) in [5.74, 6) is 1.51. The summed E-state index contributed by atoms with van der Waals surface area (Å²) in [6.45, 7) is 3.13. The summed E-state index contributed by atoms with van der Waals surface area (Å²) in [7, 11) is 0. The number of imide groups is 1. The Balaban J connectivity index is 1.45. The molecule has 9 nitrogen and oxygen atoms in total. The van der Waals surface area contributed by atoms with Gasteiger partial charge in [-0.1, -0.05) is 0 Å². The molecular formula is C16H15N7O2S. The summed E-state index contributed by atoms with van der Waals surface area (Å²) in [4.78, 5) is 44.7. The molecule has 2 aliphatic rings. The Bertz CT molecular complexity index is 866. The molecule has 10 heteroatoms. The maximum atomic E-state index is 11.6. The monoisotopic (exact) mass is 369 g/mol. The minimum Gasteiger partial charge on any atom is -0.353 e. The Kier molecular flexibility index (Phi) is 4.48. The Morgan fingerprint density at radius 3 is 2.42 bits per heavy atom. The van der Waals surface area contributed by atoms with Gasteiger partial charge < -0.3 is 9.80 Å². The second-order valence-electron chi connectivity index (χ2n) is 5.65. The number of nitrogens with zero attached hydrogens (tertiary/aromatic N) is 6. The highest BCUT2D eigenvalue weighted by molar-refractivity contribution is 8.18. The van der Waals surface area contributed by atoms with Crippen LogP contribution in [0.4, 0.5) is 16.6 Å². The van der Waals surface area contributed by atoms with E-state index in [1.54, 1.807) is 24.7 Å². The van der Waals surface area contributed by atoms with Crippen LogP contribution in [0.25, 0.3) is 6.08 Å². The summed E-state index contributed by atoms with van der Waals surface area (Å²) >= 11 is 0.855. The van der Waals surface area contributed by atoms with Gasteiger partial charge in [-0.25, -0.2) is 19.9 Å². The third-order valence-electron chi connectivity index (χ3n) is 4.00. The standard InChI is InChI=1S/C16H15N7O2S/c24-14-11(26-16(25)21-14)10-12-17-5-2-13(20-12)22-6-8-23(9-7-22)15-18-3-1-4-19-15/h1-5,10H,6-9H2,(H,21,24,25)/b11-10+. The van der Waals surface area contributed by atoms with Gasteiger partial charge in [-0.15, -0.1) is 0 Å². The third kappa shape index (κ3) is 3.49. The van der Waals surface area contributed by atoms with E-state index in [9.17, 15) is 9.59 Å². The molecule has 2 fully saturated rings. The predicted molar refractivity (Wildman–Crippen MR) is 97.6 cm³/mol. The van der Waals surface area contributed by atoms with Crippen molar-refractivity contribution in [1.82, 2.24) is 25.3 Å². The summed E-state index contributed by atoms with van der Waals surface area (Å²) in [5, 5.41) is 1.84. The molecule has 2 saturated heterocycles. The van der Waals surface area contributed by atoms with Gasteiger partial charge in [-0.3, -0.25) is 14.9 Å². The number of carbonyl (C=O) groups is 2. The number of amides is 2. The van der Waals surface area contributed by atoms with Crippen LogP contribution in [-0.2, 0) is 4.79 Å². The summed E-state index contributed by atoms with van der Waals surface area (Å²) in [6.07, 6.45) is 6.66. The van der Waals surface area contributed by atoms with Crippen LogP contribution in [0.2, 0.25) is 0 Å². The number of anilines is 2. The van der Waals surface area contributed by atoms with E-state index in [4.69, 9.17) is 0 Å². The van der Waals surface area contributed by atoms with Crippen molar-refractivity contribution in [2.75, 3.05) is 36.0 Å². The van der Waals surface area contributed by atoms with E-state index in [-0.39, 0.29) is 5.24 Å². The molecule has 4 rings (SSSR count). The molecule has 0 unspecified atom stereocenters. The predicted octanol–water partition coefficient (Wildman–Crippen LogP) is 0.917. The van der Waals surface area contributed by atoms with Crippen LogP contribution in [-0.4, -0.2) is 57.3 Å². The van der Waals surface area contributed by atoms with Crippen molar-refractivity contribution in [2.24, 2.45) is 0 Å². The number of thioether (sulfide) groups is 1. The lowest BCUT2D eigenvalue weighted by Gasteiger charge is -2.35. The number of piperazine rings is 1. The highest BCUT2D eigenvalue weighted by atomic mass is 32.2. The van der Waals surface area contributed by atoms with Crippen molar-refractivity contribution >= 4 is 40.8 Å². The van der Waals surface area contributed by atoms with Gasteiger partial charge in [0.05, 0.1) is 4.91 Å². The van der Waals surface area contributed by atoms with E-state index in [1.165, 1.54) is 6.08 Å². The zero-order chi connectivity index (χ0) is 17.9. The molecule has 0 saturated carbocycles. The molecule has 132 valence electrons. The lowest BCUT2D eigenvalue weighted by atomic mass is 10.3. The van der Waals surface area contributed by atoms with E-state index in [0.717, 1.165) is 49.7 Å². The van der Waals surface area contributed by atoms with Crippen molar-refractivity contribution < 1.29 is 9.59 Å². The third-order valence-corrected chi connectivity index (χ3v) is 4.81. The lowest BCUT2D eigenvalue weighted by molar-refractivity contribution is -0.115. The first-order valence-electron chi connectivity index (χ1n) is 8.04. The average molecular weight is 369 g/mol. The normalized spacial score (nSPS) is 19.2. The Hall–Kier alpha value is -3.01. The van der Waals surface area contributed by atoms with Gasteiger partial charge in [0, 0.05) is 50.8 Å². The Morgan fingerprint density at radius 2 is 1.73 bits per heavy atom. The zero-order valence-electron chi connectivity index (χ0n) is 13.7. The number of rotatable bonds is 3. The van der Waals surface area contributed by atoms with Gasteiger partial charge in [0.1, 0.15) is 5.82 Å². The fourth-order valence-electron chi connectivity index (χ4n) is 2.74. The molecular weight excluding hydrogens is 354 g/mol. The van der Waals surface area contributed by atoms with E-state index in [1.807, 2.05) is 6.07 Å². The minimum atomic E-state index is -0.412. The van der Waals surface area contributed by atoms with E-state index in [2.05, 4.69) is 35.1 Å². The SMILES string of the molecule is O=C1NC(=O)/C(=C\c2nccc(N3CCN(c4ncccn4)CC3)n2)S1. The Morgan fingerprint density at radius 1 is 1.00 bits per heavy atom. The first kappa shape index (κ1) is 16.5. The number of hydrogen-bond acceptors (Lipinski definition) is 9. The topological polar surface area (TPSA) is 104 Å². The van der Waals surface area contributed by atoms with Gasteiger partial charge in [-0.05, 0) is 23.9 Å². The van der Waals surface area contributed by atoms with Crippen LogP contribution in [0, 0.1) is 0 Å². The van der Waals surface area contributed by atoms with Gasteiger partial charge in [0.15, 0.2) is 5.82 Å². The van der Waals surface area contributed by atoms with Gasteiger partial charge >= 0.3 is 0 Å². The maximum absolute atomic E-state index is 11.6. The molecule has 0 aromatic carbocycles. The molecule has 2 amide bonds.